The number of hydrogen-bond acceptors (Lipinski definition) is 4. The Morgan fingerprint density at radius 2 is 1.63 bits per heavy atom. The average Bonchev–Trinajstić information content (AvgIpc) is 3.07. The van der Waals surface area contributed by atoms with Gasteiger partial charge in [-0.1, -0.05) is 36.4 Å². The fraction of sp³-hybridized carbons (Fsp3) is 0.0435. The Kier molecular flexibility index (Phi) is 3.86. The van der Waals surface area contributed by atoms with Crippen LogP contribution in [0.3, 0.4) is 0 Å². The average molecular weight is 399 g/mol. The summed E-state index contributed by atoms with van der Waals surface area (Å²) in [5.74, 6) is -1.68. The number of anilines is 1. The van der Waals surface area contributed by atoms with E-state index in [0.717, 1.165) is 0 Å². The first-order valence-corrected chi connectivity index (χ1v) is 9.22. The van der Waals surface area contributed by atoms with Crippen LogP contribution in [0.15, 0.2) is 60.8 Å². The van der Waals surface area contributed by atoms with Crippen molar-refractivity contribution in [3.8, 4) is 0 Å². The monoisotopic (exact) mass is 399 g/mol. The van der Waals surface area contributed by atoms with Crippen LogP contribution in [0.25, 0.3) is 5.65 Å². The van der Waals surface area contributed by atoms with Crippen molar-refractivity contribution in [2.75, 3.05) is 5.32 Å². The van der Waals surface area contributed by atoms with E-state index in [4.69, 9.17) is 0 Å². The van der Waals surface area contributed by atoms with Crippen LogP contribution >= 0.6 is 0 Å². The van der Waals surface area contributed by atoms with Gasteiger partial charge in [-0.3, -0.25) is 18.8 Å². The lowest BCUT2D eigenvalue weighted by atomic mass is 9.83. The molecule has 2 aromatic carbocycles. The summed E-state index contributed by atoms with van der Waals surface area (Å²) in [6.07, 6.45) is 1.18. The first-order chi connectivity index (χ1) is 14.5. The second-order valence-corrected chi connectivity index (χ2v) is 7.01. The van der Waals surface area contributed by atoms with Crippen LogP contribution in [0, 0.1) is 12.7 Å². The minimum atomic E-state index is -0.557. The maximum atomic E-state index is 13.7. The Balaban J connectivity index is 1.60. The fourth-order valence-electron chi connectivity index (χ4n) is 3.84. The Morgan fingerprint density at radius 1 is 0.933 bits per heavy atom. The normalized spacial score (nSPS) is 12.6. The molecule has 2 heterocycles. The van der Waals surface area contributed by atoms with E-state index in [2.05, 4.69) is 10.3 Å². The number of rotatable bonds is 2. The van der Waals surface area contributed by atoms with E-state index in [-0.39, 0.29) is 34.1 Å². The number of nitrogens with one attached hydrogen (secondary N) is 1. The topological polar surface area (TPSA) is 80.5 Å². The summed E-state index contributed by atoms with van der Waals surface area (Å²) in [4.78, 5) is 43.3. The molecule has 0 radical (unpaired) electrons. The number of aromatic nitrogens is 2. The molecule has 0 unspecified atom stereocenters. The molecule has 0 aliphatic heterocycles. The quantitative estimate of drug-likeness (QED) is 0.490. The summed E-state index contributed by atoms with van der Waals surface area (Å²) < 4.78 is 15.1. The smallest absolute Gasteiger partial charge is 0.274 e. The molecule has 1 N–H and O–H groups in total. The zero-order valence-electron chi connectivity index (χ0n) is 15.8. The Bertz CT molecular complexity index is 1400. The van der Waals surface area contributed by atoms with Crippen LogP contribution in [0.1, 0.15) is 48.0 Å². The van der Waals surface area contributed by atoms with Gasteiger partial charge in [0.1, 0.15) is 17.2 Å². The van der Waals surface area contributed by atoms with E-state index >= 15 is 0 Å². The van der Waals surface area contributed by atoms with Crippen molar-refractivity contribution in [1.82, 2.24) is 9.38 Å². The lowest BCUT2D eigenvalue weighted by Gasteiger charge is -2.20. The highest BCUT2D eigenvalue weighted by molar-refractivity contribution is 6.30. The third-order valence-electron chi connectivity index (χ3n) is 5.17. The van der Waals surface area contributed by atoms with Crippen molar-refractivity contribution in [3.05, 3.63) is 100 Å². The molecule has 0 fully saturated rings. The van der Waals surface area contributed by atoms with Gasteiger partial charge in [0, 0.05) is 22.9 Å². The molecule has 0 saturated heterocycles. The van der Waals surface area contributed by atoms with Gasteiger partial charge in [-0.15, -0.1) is 0 Å². The molecule has 7 heteroatoms. The molecule has 5 rings (SSSR count). The van der Waals surface area contributed by atoms with E-state index in [9.17, 15) is 18.8 Å². The first-order valence-electron chi connectivity index (χ1n) is 9.22. The van der Waals surface area contributed by atoms with Gasteiger partial charge < -0.3 is 5.32 Å². The number of halogens is 1. The number of carbonyl (C=O) groups excluding carboxylic acids is 3. The third kappa shape index (κ3) is 2.56. The number of fused-ring (bicyclic) bond motifs is 3. The molecule has 1 amide bonds. The van der Waals surface area contributed by atoms with Crippen LogP contribution in [-0.4, -0.2) is 26.9 Å². The number of hydrogen-bond donors (Lipinski definition) is 1. The molecule has 0 bridgehead atoms. The van der Waals surface area contributed by atoms with Gasteiger partial charge in [-0.25, -0.2) is 9.37 Å². The maximum Gasteiger partial charge on any atom is 0.274 e. The molecule has 1 aliphatic carbocycles. The molecule has 2 aromatic heterocycles. The van der Waals surface area contributed by atoms with E-state index < -0.39 is 11.7 Å². The van der Waals surface area contributed by atoms with Gasteiger partial charge in [0.15, 0.2) is 11.6 Å². The predicted molar refractivity (Wildman–Crippen MR) is 108 cm³/mol. The van der Waals surface area contributed by atoms with Crippen molar-refractivity contribution in [1.29, 1.82) is 0 Å². The molecule has 146 valence electrons. The van der Waals surface area contributed by atoms with Crippen LogP contribution in [0.5, 0.6) is 0 Å². The predicted octanol–water partition coefficient (Wildman–Crippen LogP) is 3.81. The third-order valence-corrected chi connectivity index (χ3v) is 5.17. The highest BCUT2D eigenvalue weighted by Gasteiger charge is 2.32. The van der Waals surface area contributed by atoms with E-state index in [0.29, 0.717) is 22.5 Å². The highest BCUT2D eigenvalue weighted by atomic mass is 19.1. The van der Waals surface area contributed by atoms with Gasteiger partial charge in [0.25, 0.3) is 5.91 Å². The van der Waals surface area contributed by atoms with Crippen molar-refractivity contribution >= 4 is 28.8 Å². The minimum Gasteiger partial charge on any atom is -0.320 e. The summed E-state index contributed by atoms with van der Waals surface area (Å²) in [5, 5.41) is 2.71. The summed E-state index contributed by atoms with van der Waals surface area (Å²) in [7, 11) is 0. The number of pyridine rings is 1. The number of imidazole rings is 1. The molecular weight excluding hydrogens is 385 g/mol. The maximum absolute atomic E-state index is 13.7. The lowest BCUT2D eigenvalue weighted by molar-refractivity contribution is 0.0978. The molecule has 30 heavy (non-hydrogen) atoms. The zero-order chi connectivity index (χ0) is 21.0. The molecule has 0 saturated carbocycles. The lowest BCUT2D eigenvalue weighted by Crippen LogP contribution is -2.24. The Labute approximate surface area is 170 Å². The summed E-state index contributed by atoms with van der Waals surface area (Å²) in [5.41, 5.74) is 2.22. The van der Waals surface area contributed by atoms with Crippen molar-refractivity contribution in [2.45, 2.75) is 6.92 Å². The minimum absolute atomic E-state index is 0.146. The number of benzene rings is 2. The van der Waals surface area contributed by atoms with Gasteiger partial charge in [-0.05, 0) is 25.1 Å². The van der Waals surface area contributed by atoms with E-state index in [1.165, 1.54) is 22.7 Å². The van der Waals surface area contributed by atoms with Crippen molar-refractivity contribution in [3.63, 3.8) is 0 Å². The fourth-order valence-corrected chi connectivity index (χ4v) is 3.84. The molecule has 0 spiro atoms. The van der Waals surface area contributed by atoms with Gasteiger partial charge in [0.2, 0.25) is 0 Å². The van der Waals surface area contributed by atoms with Crippen LogP contribution in [0.4, 0.5) is 10.1 Å². The van der Waals surface area contributed by atoms with Gasteiger partial charge >= 0.3 is 0 Å². The Morgan fingerprint density at radius 3 is 2.40 bits per heavy atom. The van der Waals surface area contributed by atoms with E-state index in [1.54, 1.807) is 49.4 Å². The summed E-state index contributed by atoms with van der Waals surface area (Å²) in [6, 6.07) is 14.1. The SMILES string of the molecule is Cc1nc2ccc(F)cn2c1C(=O)Nc1cccc2c1C(=O)c1ccccc1C2=O. The number of carbonyl (C=O) groups is 3. The largest absolute Gasteiger partial charge is 0.320 e. The van der Waals surface area contributed by atoms with Gasteiger partial charge in [0.05, 0.1) is 16.9 Å². The number of amides is 1. The highest BCUT2D eigenvalue weighted by Crippen LogP contribution is 2.32. The molecule has 0 atom stereocenters. The van der Waals surface area contributed by atoms with Crippen molar-refractivity contribution in [2.24, 2.45) is 0 Å². The zero-order valence-corrected chi connectivity index (χ0v) is 15.8. The molecule has 6 nitrogen and oxygen atoms in total. The van der Waals surface area contributed by atoms with Crippen LogP contribution in [0.2, 0.25) is 0 Å². The first kappa shape index (κ1) is 17.9. The second-order valence-electron chi connectivity index (χ2n) is 7.01. The van der Waals surface area contributed by atoms with Crippen LogP contribution < -0.4 is 5.32 Å². The van der Waals surface area contributed by atoms with Gasteiger partial charge in [-0.2, -0.15) is 0 Å². The number of nitrogens with zero attached hydrogens (tertiary/aromatic N) is 2. The molecular formula is C23H14FN3O3. The van der Waals surface area contributed by atoms with Crippen molar-refractivity contribution < 1.29 is 18.8 Å². The molecule has 1 aliphatic rings. The number of ketones is 2. The molecule has 4 aromatic rings. The standard InChI is InChI=1S/C23H14FN3O3/c1-12-20(27-11-13(24)9-10-18(27)25-12)23(30)26-17-8-4-7-16-19(17)22(29)15-6-3-2-5-14(15)21(16)28/h2-11H,1H3,(H,26,30). The summed E-state index contributed by atoms with van der Waals surface area (Å²) >= 11 is 0. The summed E-state index contributed by atoms with van der Waals surface area (Å²) in [6.45, 7) is 1.64. The van der Waals surface area contributed by atoms with E-state index in [1.807, 2.05) is 0 Å². The number of aryl methyl sites for hydroxylation is 1. The van der Waals surface area contributed by atoms with Crippen LogP contribution in [-0.2, 0) is 0 Å². The second kappa shape index (κ2) is 6.45. The Hall–Kier alpha value is -4.13.